The highest BCUT2D eigenvalue weighted by Crippen LogP contribution is 2.18. The molecule has 0 aromatic rings. The summed E-state index contributed by atoms with van der Waals surface area (Å²) in [4.78, 5) is 0. The molecular formula is C10H22N2O. The van der Waals surface area contributed by atoms with Gasteiger partial charge in [0.1, 0.15) is 0 Å². The van der Waals surface area contributed by atoms with E-state index in [1.54, 1.807) is 0 Å². The van der Waals surface area contributed by atoms with Crippen molar-refractivity contribution in [2.75, 3.05) is 19.8 Å². The molecule has 2 unspecified atom stereocenters. The van der Waals surface area contributed by atoms with Crippen LogP contribution in [0.1, 0.15) is 33.1 Å². The highest BCUT2D eigenvalue weighted by atomic mass is 16.5. The van der Waals surface area contributed by atoms with E-state index in [4.69, 9.17) is 10.5 Å². The van der Waals surface area contributed by atoms with Crippen LogP contribution in [0.5, 0.6) is 0 Å². The van der Waals surface area contributed by atoms with Gasteiger partial charge in [0.2, 0.25) is 0 Å². The van der Waals surface area contributed by atoms with Gasteiger partial charge >= 0.3 is 0 Å². The van der Waals surface area contributed by atoms with Gasteiger partial charge < -0.3 is 15.8 Å². The van der Waals surface area contributed by atoms with E-state index in [1.807, 2.05) is 0 Å². The summed E-state index contributed by atoms with van der Waals surface area (Å²) in [6.45, 7) is 6.73. The van der Waals surface area contributed by atoms with E-state index < -0.39 is 0 Å². The Morgan fingerprint density at radius 1 is 1.62 bits per heavy atom. The lowest BCUT2D eigenvalue weighted by molar-refractivity contribution is 0.0193. The second-order valence-corrected chi connectivity index (χ2v) is 4.09. The van der Waals surface area contributed by atoms with Crippen molar-refractivity contribution in [1.82, 2.24) is 5.32 Å². The Morgan fingerprint density at radius 2 is 2.38 bits per heavy atom. The van der Waals surface area contributed by atoms with E-state index >= 15 is 0 Å². The van der Waals surface area contributed by atoms with Gasteiger partial charge in [0.15, 0.2) is 0 Å². The van der Waals surface area contributed by atoms with Crippen LogP contribution in [0.25, 0.3) is 0 Å². The molecule has 1 fully saturated rings. The van der Waals surface area contributed by atoms with Crippen LogP contribution >= 0.6 is 0 Å². The number of nitrogens with two attached hydrogens (primary N) is 1. The third-order valence-corrected chi connectivity index (χ3v) is 2.88. The van der Waals surface area contributed by atoms with Crippen LogP contribution in [0, 0.1) is 0 Å². The molecule has 0 aromatic carbocycles. The maximum absolute atomic E-state index is 5.80. The van der Waals surface area contributed by atoms with Crippen molar-refractivity contribution in [3.63, 3.8) is 0 Å². The van der Waals surface area contributed by atoms with Crippen LogP contribution in [-0.2, 0) is 4.74 Å². The topological polar surface area (TPSA) is 47.3 Å². The van der Waals surface area contributed by atoms with Crippen molar-refractivity contribution in [2.24, 2.45) is 5.73 Å². The molecule has 2 atom stereocenters. The Hall–Kier alpha value is -0.120. The average molecular weight is 186 g/mol. The second kappa shape index (κ2) is 4.94. The van der Waals surface area contributed by atoms with Gasteiger partial charge in [-0.25, -0.2) is 0 Å². The first-order valence-electron chi connectivity index (χ1n) is 5.28. The van der Waals surface area contributed by atoms with Crippen molar-refractivity contribution in [2.45, 2.75) is 44.7 Å². The van der Waals surface area contributed by atoms with Crippen molar-refractivity contribution >= 4 is 0 Å². The van der Waals surface area contributed by atoms with Gasteiger partial charge in [-0.15, -0.1) is 0 Å². The minimum absolute atomic E-state index is 0.0493. The molecule has 1 heterocycles. The van der Waals surface area contributed by atoms with Gasteiger partial charge in [0, 0.05) is 19.2 Å². The summed E-state index contributed by atoms with van der Waals surface area (Å²) < 4.78 is 5.48. The largest absolute Gasteiger partial charge is 0.379 e. The Kier molecular flexibility index (Phi) is 4.16. The zero-order valence-electron chi connectivity index (χ0n) is 8.81. The zero-order valence-corrected chi connectivity index (χ0v) is 8.81. The molecule has 0 aliphatic carbocycles. The van der Waals surface area contributed by atoms with Crippen LogP contribution in [0.15, 0.2) is 0 Å². The summed E-state index contributed by atoms with van der Waals surface area (Å²) in [5.74, 6) is 0. The number of ether oxygens (including phenoxy) is 1. The van der Waals surface area contributed by atoms with Crippen molar-refractivity contribution in [3.8, 4) is 0 Å². The van der Waals surface area contributed by atoms with Crippen LogP contribution in [0.4, 0.5) is 0 Å². The lowest BCUT2D eigenvalue weighted by atomic mass is 9.91. The van der Waals surface area contributed by atoms with E-state index in [0.717, 1.165) is 32.5 Å². The van der Waals surface area contributed by atoms with Crippen molar-refractivity contribution < 1.29 is 4.74 Å². The molecule has 13 heavy (non-hydrogen) atoms. The molecule has 0 bridgehead atoms. The van der Waals surface area contributed by atoms with E-state index in [-0.39, 0.29) is 5.54 Å². The van der Waals surface area contributed by atoms with Gasteiger partial charge in [0.05, 0.1) is 12.1 Å². The molecule has 1 saturated heterocycles. The van der Waals surface area contributed by atoms with E-state index in [9.17, 15) is 0 Å². The molecule has 3 heteroatoms. The van der Waals surface area contributed by atoms with Gasteiger partial charge in [0.25, 0.3) is 0 Å². The van der Waals surface area contributed by atoms with Gasteiger partial charge in [-0.2, -0.15) is 0 Å². The van der Waals surface area contributed by atoms with Crippen LogP contribution < -0.4 is 11.1 Å². The molecule has 0 radical (unpaired) electrons. The molecule has 0 amide bonds. The zero-order chi connectivity index (χ0) is 9.73. The SMILES string of the molecule is CCC(C)NC1(CN)CCCOC1. The highest BCUT2D eigenvalue weighted by Gasteiger charge is 2.31. The third-order valence-electron chi connectivity index (χ3n) is 2.88. The highest BCUT2D eigenvalue weighted by molar-refractivity contribution is 4.92. The Balaban J connectivity index is 2.47. The molecule has 1 aliphatic heterocycles. The fourth-order valence-corrected chi connectivity index (χ4v) is 1.81. The first-order chi connectivity index (χ1) is 6.22. The summed E-state index contributed by atoms with van der Waals surface area (Å²) >= 11 is 0. The lowest BCUT2D eigenvalue weighted by Gasteiger charge is -2.39. The molecular weight excluding hydrogens is 164 g/mol. The van der Waals surface area contributed by atoms with Crippen molar-refractivity contribution in [1.29, 1.82) is 0 Å². The summed E-state index contributed by atoms with van der Waals surface area (Å²) in [6, 6.07) is 0.533. The Labute approximate surface area is 81.0 Å². The third kappa shape index (κ3) is 2.93. The van der Waals surface area contributed by atoms with E-state index in [1.165, 1.54) is 0 Å². The minimum Gasteiger partial charge on any atom is -0.379 e. The molecule has 3 nitrogen and oxygen atoms in total. The summed E-state index contributed by atoms with van der Waals surface area (Å²) in [7, 11) is 0. The molecule has 1 rings (SSSR count). The minimum atomic E-state index is 0.0493. The van der Waals surface area contributed by atoms with Gasteiger partial charge in [-0.3, -0.25) is 0 Å². The summed E-state index contributed by atoms with van der Waals surface area (Å²) in [5.41, 5.74) is 5.85. The van der Waals surface area contributed by atoms with Crippen LogP contribution in [-0.4, -0.2) is 31.3 Å². The number of rotatable bonds is 4. The number of hydrogen-bond donors (Lipinski definition) is 2. The standard InChI is InChI=1S/C10H22N2O/c1-3-9(2)12-10(7-11)5-4-6-13-8-10/h9,12H,3-8,11H2,1-2H3. The van der Waals surface area contributed by atoms with Gasteiger partial charge in [-0.1, -0.05) is 6.92 Å². The van der Waals surface area contributed by atoms with E-state index in [0.29, 0.717) is 12.6 Å². The first kappa shape index (κ1) is 11.0. The Morgan fingerprint density at radius 3 is 2.85 bits per heavy atom. The molecule has 3 N–H and O–H groups in total. The maximum Gasteiger partial charge on any atom is 0.0660 e. The van der Waals surface area contributed by atoms with E-state index in [2.05, 4.69) is 19.2 Å². The molecule has 78 valence electrons. The van der Waals surface area contributed by atoms with Crippen LogP contribution in [0.3, 0.4) is 0 Å². The first-order valence-corrected chi connectivity index (χ1v) is 5.28. The lowest BCUT2D eigenvalue weighted by Crippen LogP contribution is -2.59. The quantitative estimate of drug-likeness (QED) is 0.685. The fourth-order valence-electron chi connectivity index (χ4n) is 1.81. The maximum atomic E-state index is 5.80. The van der Waals surface area contributed by atoms with Gasteiger partial charge in [-0.05, 0) is 26.2 Å². The normalized spacial score (nSPS) is 31.6. The molecule has 1 aliphatic rings. The smallest absolute Gasteiger partial charge is 0.0660 e. The predicted molar refractivity (Wildman–Crippen MR) is 54.7 cm³/mol. The predicted octanol–water partition coefficient (Wildman–Crippen LogP) is 0.882. The average Bonchev–Trinajstić information content (AvgIpc) is 2.19. The fraction of sp³-hybridized carbons (Fsp3) is 1.00. The second-order valence-electron chi connectivity index (χ2n) is 4.09. The Bertz CT molecular complexity index is 144. The monoisotopic (exact) mass is 186 g/mol. The molecule has 0 spiro atoms. The number of nitrogens with one attached hydrogen (secondary N) is 1. The summed E-state index contributed by atoms with van der Waals surface area (Å²) in [5, 5.41) is 3.58. The number of hydrogen-bond acceptors (Lipinski definition) is 3. The molecule has 0 aromatic heterocycles. The summed E-state index contributed by atoms with van der Waals surface area (Å²) in [6.07, 6.45) is 3.41. The van der Waals surface area contributed by atoms with Crippen molar-refractivity contribution in [3.05, 3.63) is 0 Å². The molecule has 0 saturated carbocycles. The van der Waals surface area contributed by atoms with Crippen LogP contribution in [0.2, 0.25) is 0 Å².